The molecule has 0 aliphatic heterocycles. The molecule has 0 aromatic heterocycles. The molecule has 1 aromatic carbocycles. The molecule has 0 aliphatic rings. The van der Waals surface area contributed by atoms with Crippen LogP contribution in [0.15, 0.2) is 24.3 Å². The first kappa shape index (κ1) is 16.6. The van der Waals surface area contributed by atoms with Gasteiger partial charge in [0, 0.05) is 25.2 Å². The smallest absolute Gasteiger partial charge is 0.224 e. The highest BCUT2D eigenvalue weighted by atomic mass is 32.1. The Morgan fingerprint density at radius 3 is 2.70 bits per heavy atom. The second-order valence-electron chi connectivity index (χ2n) is 4.53. The Kier molecular flexibility index (Phi) is 7.84. The van der Waals surface area contributed by atoms with E-state index < -0.39 is 0 Å². The van der Waals surface area contributed by atoms with Gasteiger partial charge in [0.1, 0.15) is 4.99 Å². The van der Waals surface area contributed by atoms with E-state index in [0.29, 0.717) is 30.7 Å². The van der Waals surface area contributed by atoms with Gasteiger partial charge in [-0.2, -0.15) is 0 Å². The van der Waals surface area contributed by atoms with Crippen LogP contribution in [0.1, 0.15) is 38.2 Å². The molecule has 0 saturated heterocycles. The summed E-state index contributed by atoms with van der Waals surface area (Å²) in [4.78, 5) is 12.1. The van der Waals surface area contributed by atoms with Crippen LogP contribution in [-0.2, 0) is 9.53 Å². The summed E-state index contributed by atoms with van der Waals surface area (Å²) in [6, 6.07) is 7.27. The predicted molar refractivity (Wildman–Crippen MR) is 85.9 cm³/mol. The van der Waals surface area contributed by atoms with E-state index in [1.165, 1.54) is 0 Å². The van der Waals surface area contributed by atoms with Crippen LogP contribution >= 0.6 is 12.2 Å². The molecule has 0 heterocycles. The quantitative estimate of drug-likeness (QED) is 0.543. The van der Waals surface area contributed by atoms with Gasteiger partial charge in [-0.05, 0) is 25.0 Å². The summed E-state index contributed by atoms with van der Waals surface area (Å²) in [6.07, 6.45) is 3.33. The summed E-state index contributed by atoms with van der Waals surface area (Å²) in [5.41, 5.74) is 6.97. The van der Waals surface area contributed by atoms with Crippen molar-refractivity contribution < 1.29 is 9.53 Å². The fourth-order valence-corrected chi connectivity index (χ4v) is 1.88. The average Bonchev–Trinajstić information content (AvgIpc) is 2.43. The zero-order valence-corrected chi connectivity index (χ0v) is 12.7. The third-order valence-electron chi connectivity index (χ3n) is 2.80. The summed E-state index contributed by atoms with van der Waals surface area (Å²) >= 11 is 4.96. The number of nitrogens with two attached hydrogens (primary N) is 1. The standard InChI is InChI=1S/C15H22N2O2S/c1-2-3-10-19-11-6-9-14(18)17-13-8-5-4-7-12(13)15(16)20/h4-5,7-8H,2-3,6,9-11H2,1H3,(H2,16,20)(H,17,18). The summed E-state index contributed by atoms with van der Waals surface area (Å²) in [5.74, 6) is -0.0483. The molecule has 1 rings (SSSR count). The maximum Gasteiger partial charge on any atom is 0.224 e. The van der Waals surface area contributed by atoms with E-state index in [1.54, 1.807) is 12.1 Å². The number of hydrogen-bond acceptors (Lipinski definition) is 3. The van der Waals surface area contributed by atoms with E-state index in [4.69, 9.17) is 22.7 Å². The lowest BCUT2D eigenvalue weighted by atomic mass is 10.1. The molecule has 0 atom stereocenters. The van der Waals surface area contributed by atoms with Crippen molar-refractivity contribution in [2.24, 2.45) is 5.73 Å². The van der Waals surface area contributed by atoms with Crippen LogP contribution in [0.2, 0.25) is 0 Å². The minimum Gasteiger partial charge on any atom is -0.389 e. The van der Waals surface area contributed by atoms with E-state index in [0.717, 1.165) is 19.4 Å². The van der Waals surface area contributed by atoms with E-state index in [2.05, 4.69) is 12.2 Å². The van der Waals surface area contributed by atoms with Crippen LogP contribution in [-0.4, -0.2) is 24.1 Å². The zero-order valence-electron chi connectivity index (χ0n) is 11.9. The summed E-state index contributed by atoms with van der Waals surface area (Å²) in [5, 5.41) is 2.83. The fraction of sp³-hybridized carbons (Fsp3) is 0.467. The number of carbonyl (C=O) groups is 1. The van der Waals surface area contributed by atoms with Crippen molar-refractivity contribution in [3.05, 3.63) is 29.8 Å². The second-order valence-corrected chi connectivity index (χ2v) is 4.97. The summed E-state index contributed by atoms with van der Waals surface area (Å²) in [7, 11) is 0. The lowest BCUT2D eigenvalue weighted by molar-refractivity contribution is -0.116. The molecule has 0 fully saturated rings. The topological polar surface area (TPSA) is 64.3 Å². The van der Waals surface area contributed by atoms with Gasteiger partial charge in [-0.15, -0.1) is 0 Å². The van der Waals surface area contributed by atoms with Crippen molar-refractivity contribution in [3.63, 3.8) is 0 Å². The van der Waals surface area contributed by atoms with Gasteiger partial charge in [0.25, 0.3) is 0 Å². The maximum absolute atomic E-state index is 11.8. The number of anilines is 1. The van der Waals surface area contributed by atoms with Crippen LogP contribution in [0.5, 0.6) is 0 Å². The van der Waals surface area contributed by atoms with Crippen molar-refractivity contribution in [2.75, 3.05) is 18.5 Å². The van der Waals surface area contributed by atoms with Gasteiger partial charge in [0.2, 0.25) is 5.91 Å². The van der Waals surface area contributed by atoms with Crippen LogP contribution in [0.3, 0.4) is 0 Å². The molecule has 0 spiro atoms. The Morgan fingerprint density at radius 1 is 1.30 bits per heavy atom. The number of thiocarbonyl (C=S) groups is 1. The Balaban J connectivity index is 2.34. The molecule has 3 N–H and O–H groups in total. The number of carbonyl (C=O) groups excluding carboxylic acids is 1. The average molecular weight is 294 g/mol. The monoisotopic (exact) mass is 294 g/mol. The number of rotatable bonds is 9. The first-order valence-electron chi connectivity index (χ1n) is 6.91. The zero-order chi connectivity index (χ0) is 14.8. The molecule has 0 saturated carbocycles. The third-order valence-corrected chi connectivity index (χ3v) is 3.02. The van der Waals surface area contributed by atoms with Crippen LogP contribution in [0, 0.1) is 0 Å². The molecule has 1 amide bonds. The molecule has 4 nitrogen and oxygen atoms in total. The van der Waals surface area contributed by atoms with E-state index >= 15 is 0 Å². The number of benzene rings is 1. The molecule has 110 valence electrons. The Bertz CT molecular complexity index is 449. The second kappa shape index (κ2) is 9.44. The Hall–Kier alpha value is -1.46. The number of unbranched alkanes of at least 4 members (excludes halogenated alkanes) is 1. The minimum atomic E-state index is -0.0483. The molecule has 20 heavy (non-hydrogen) atoms. The molecule has 0 radical (unpaired) electrons. The Labute approximate surface area is 125 Å². The van der Waals surface area contributed by atoms with Gasteiger partial charge >= 0.3 is 0 Å². The van der Waals surface area contributed by atoms with Crippen molar-refractivity contribution in [1.29, 1.82) is 0 Å². The van der Waals surface area contributed by atoms with E-state index in [9.17, 15) is 4.79 Å². The van der Waals surface area contributed by atoms with Crippen LogP contribution < -0.4 is 11.1 Å². The van der Waals surface area contributed by atoms with Crippen molar-refractivity contribution in [3.8, 4) is 0 Å². The number of ether oxygens (including phenoxy) is 1. The molecule has 1 aromatic rings. The van der Waals surface area contributed by atoms with Gasteiger partial charge < -0.3 is 15.8 Å². The number of nitrogens with one attached hydrogen (secondary N) is 1. The highest BCUT2D eigenvalue weighted by Gasteiger charge is 2.07. The lowest BCUT2D eigenvalue weighted by Gasteiger charge is -2.10. The minimum absolute atomic E-state index is 0.0483. The van der Waals surface area contributed by atoms with Crippen molar-refractivity contribution in [2.45, 2.75) is 32.6 Å². The van der Waals surface area contributed by atoms with Crippen molar-refractivity contribution in [1.82, 2.24) is 0 Å². The van der Waals surface area contributed by atoms with Gasteiger partial charge in [0.15, 0.2) is 0 Å². The predicted octanol–water partition coefficient (Wildman–Crippen LogP) is 2.86. The maximum atomic E-state index is 11.8. The number of hydrogen-bond donors (Lipinski definition) is 2. The molecule has 0 bridgehead atoms. The molecule has 0 aliphatic carbocycles. The fourth-order valence-electron chi connectivity index (χ4n) is 1.70. The lowest BCUT2D eigenvalue weighted by Crippen LogP contribution is -2.17. The van der Waals surface area contributed by atoms with Gasteiger partial charge in [0.05, 0.1) is 5.69 Å². The molecule has 0 unspecified atom stereocenters. The summed E-state index contributed by atoms with van der Waals surface area (Å²) < 4.78 is 5.42. The first-order chi connectivity index (χ1) is 9.65. The molecular formula is C15H22N2O2S. The van der Waals surface area contributed by atoms with Crippen LogP contribution in [0.25, 0.3) is 0 Å². The van der Waals surface area contributed by atoms with E-state index in [-0.39, 0.29) is 10.9 Å². The van der Waals surface area contributed by atoms with Gasteiger partial charge in [-0.3, -0.25) is 4.79 Å². The third kappa shape index (κ3) is 6.12. The first-order valence-corrected chi connectivity index (χ1v) is 7.32. The largest absolute Gasteiger partial charge is 0.389 e. The normalized spacial score (nSPS) is 10.2. The number of para-hydroxylation sites is 1. The number of amides is 1. The van der Waals surface area contributed by atoms with E-state index in [1.807, 2.05) is 12.1 Å². The molecular weight excluding hydrogens is 272 g/mol. The summed E-state index contributed by atoms with van der Waals surface area (Å²) in [6.45, 7) is 3.50. The SMILES string of the molecule is CCCCOCCCC(=O)Nc1ccccc1C(N)=S. The van der Waals surface area contributed by atoms with Crippen LogP contribution in [0.4, 0.5) is 5.69 Å². The van der Waals surface area contributed by atoms with Gasteiger partial charge in [-0.25, -0.2) is 0 Å². The highest BCUT2D eigenvalue weighted by molar-refractivity contribution is 7.80. The highest BCUT2D eigenvalue weighted by Crippen LogP contribution is 2.15. The van der Waals surface area contributed by atoms with Crippen molar-refractivity contribution >= 4 is 28.8 Å². The Morgan fingerprint density at radius 2 is 2.00 bits per heavy atom. The molecule has 5 heteroatoms. The van der Waals surface area contributed by atoms with Gasteiger partial charge in [-0.1, -0.05) is 37.7 Å².